The number of nitrogens with zero attached hydrogens (tertiary/aromatic N) is 7. The molecule has 4 heterocycles. The molecule has 0 unspecified atom stereocenters. The van der Waals surface area contributed by atoms with Gasteiger partial charge in [-0.25, -0.2) is 4.68 Å². The molecule has 1 aliphatic heterocycles. The van der Waals surface area contributed by atoms with Crippen LogP contribution >= 0.6 is 11.3 Å². The molecule has 0 atom stereocenters. The number of amides is 1. The predicted molar refractivity (Wildman–Crippen MR) is 105 cm³/mol. The highest BCUT2D eigenvalue weighted by atomic mass is 32.1. The van der Waals surface area contributed by atoms with Crippen molar-refractivity contribution in [2.24, 2.45) is 0 Å². The van der Waals surface area contributed by atoms with E-state index in [1.165, 1.54) is 11.0 Å². The average Bonchev–Trinajstić information content (AvgIpc) is 3.55. The number of hydrogen-bond acceptors (Lipinski definition) is 8. The van der Waals surface area contributed by atoms with Crippen molar-refractivity contribution in [3.05, 3.63) is 59.6 Å². The van der Waals surface area contributed by atoms with Crippen LogP contribution in [0.5, 0.6) is 0 Å². The molecule has 3 aromatic heterocycles. The van der Waals surface area contributed by atoms with Gasteiger partial charge in [0.15, 0.2) is 10.8 Å². The van der Waals surface area contributed by atoms with Gasteiger partial charge in [0.1, 0.15) is 11.3 Å². The number of aromatic nitrogens is 6. The van der Waals surface area contributed by atoms with Crippen LogP contribution in [0.1, 0.15) is 34.1 Å². The van der Waals surface area contributed by atoms with E-state index < -0.39 is 0 Å². The minimum atomic E-state index is 0.0203. The van der Waals surface area contributed by atoms with Gasteiger partial charge >= 0.3 is 0 Å². The first-order valence-corrected chi connectivity index (χ1v) is 10.1. The summed E-state index contributed by atoms with van der Waals surface area (Å²) in [5.74, 6) is 1.07. The first-order chi connectivity index (χ1) is 14.3. The number of rotatable bonds is 4. The molecule has 1 aliphatic rings. The maximum atomic E-state index is 13.0. The van der Waals surface area contributed by atoms with Crippen LogP contribution in [0.25, 0.3) is 16.5 Å². The number of tetrazole rings is 1. The fourth-order valence-electron chi connectivity index (χ4n) is 3.47. The number of hydrogen-bond donors (Lipinski definition) is 0. The largest absolute Gasteiger partial charge is 0.462 e. The monoisotopic (exact) mass is 407 g/mol. The van der Waals surface area contributed by atoms with E-state index in [0.717, 1.165) is 34.3 Å². The molecule has 1 fully saturated rings. The third kappa shape index (κ3) is 3.54. The van der Waals surface area contributed by atoms with Crippen molar-refractivity contribution in [1.82, 2.24) is 35.3 Å². The van der Waals surface area contributed by atoms with Crippen LogP contribution < -0.4 is 0 Å². The molecule has 0 N–H and O–H groups in total. The maximum absolute atomic E-state index is 13.0. The average molecular weight is 407 g/mol. The van der Waals surface area contributed by atoms with E-state index >= 15 is 0 Å². The van der Waals surface area contributed by atoms with Crippen LogP contribution in [0.3, 0.4) is 0 Å². The standard InChI is InChI=1S/C19H17N7O2S/c27-19(14-3-1-4-15(11-14)26-12-20-23-24-26)25-8-6-13(7-9-25)17-21-22-18(29-17)16-5-2-10-28-16/h1-5,10-13H,6-9H2. The van der Waals surface area contributed by atoms with Gasteiger partial charge in [-0.2, -0.15) is 0 Å². The molecule has 0 spiro atoms. The van der Waals surface area contributed by atoms with E-state index in [9.17, 15) is 4.79 Å². The van der Waals surface area contributed by atoms with E-state index in [1.807, 2.05) is 41.3 Å². The van der Waals surface area contributed by atoms with Crippen molar-refractivity contribution in [3.8, 4) is 16.5 Å². The summed E-state index contributed by atoms with van der Waals surface area (Å²) < 4.78 is 6.93. The Hall–Kier alpha value is -3.40. The van der Waals surface area contributed by atoms with Crippen molar-refractivity contribution < 1.29 is 9.21 Å². The number of benzene rings is 1. The Balaban J connectivity index is 1.25. The zero-order valence-electron chi connectivity index (χ0n) is 15.4. The SMILES string of the molecule is O=C(c1cccc(-n2cnnn2)c1)N1CCC(c2nnc(-c3ccco3)s2)CC1. The van der Waals surface area contributed by atoms with E-state index in [1.54, 1.807) is 17.6 Å². The van der Waals surface area contributed by atoms with Gasteiger partial charge in [0, 0.05) is 24.6 Å². The molecule has 1 aromatic carbocycles. The molecule has 29 heavy (non-hydrogen) atoms. The summed E-state index contributed by atoms with van der Waals surface area (Å²) >= 11 is 1.56. The Labute approximate surface area is 170 Å². The summed E-state index contributed by atoms with van der Waals surface area (Å²) in [5.41, 5.74) is 1.39. The zero-order chi connectivity index (χ0) is 19.6. The minimum Gasteiger partial charge on any atom is -0.462 e. The smallest absolute Gasteiger partial charge is 0.253 e. The third-order valence-electron chi connectivity index (χ3n) is 5.01. The van der Waals surface area contributed by atoms with Gasteiger partial charge in [-0.05, 0) is 53.6 Å². The zero-order valence-corrected chi connectivity index (χ0v) is 16.2. The van der Waals surface area contributed by atoms with Crippen molar-refractivity contribution in [1.29, 1.82) is 0 Å². The highest BCUT2D eigenvalue weighted by Crippen LogP contribution is 2.33. The fraction of sp³-hybridized carbons (Fsp3) is 0.263. The number of furan rings is 1. The summed E-state index contributed by atoms with van der Waals surface area (Å²) in [5, 5.41) is 21.5. The summed E-state index contributed by atoms with van der Waals surface area (Å²) in [4.78, 5) is 14.8. The van der Waals surface area contributed by atoms with E-state index in [0.29, 0.717) is 24.6 Å². The third-order valence-corrected chi connectivity index (χ3v) is 6.11. The number of carbonyl (C=O) groups is 1. The van der Waals surface area contributed by atoms with E-state index in [-0.39, 0.29) is 5.91 Å². The summed E-state index contributed by atoms with van der Waals surface area (Å²) in [7, 11) is 0. The Bertz CT molecular complexity index is 1100. The van der Waals surface area contributed by atoms with Gasteiger partial charge in [0.2, 0.25) is 0 Å². The van der Waals surface area contributed by atoms with Crippen LogP contribution in [0, 0.1) is 0 Å². The van der Waals surface area contributed by atoms with Crippen LogP contribution in [-0.2, 0) is 0 Å². The van der Waals surface area contributed by atoms with E-state index in [4.69, 9.17) is 4.42 Å². The second kappa shape index (κ2) is 7.55. The molecule has 1 saturated heterocycles. The number of piperidine rings is 1. The fourth-order valence-corrected chi connectivity index (χ4v) is 4.45. The lowest BCUT2D eigenvalue weighted by Crippen LogP contribution is -2.37. The number of likely N-dealkylation sites (tertiary alicyclic amines) is 1. The Kier molecular flexibility index (Phi) is 4.60. The lowest BCUT2D eigenvalue weighted by molar-refractivity contribution is 0.0713. The highest BCUT2D eigenvalue weighted by molar-refractivity contribution is 7.14. The maximum Gasteiger partial charge on any atom is 0.253 e. The normalized spacial score (nSPS) is 15.0. The molecule has 9 nitrogen and oxygen atoms in total. The van der Waals surface area contributed by atoms with Gasteiger partial charge in [-0.3, -0.25) is 4.79 Å². The summed E-state index contributed by atoms with van der Waals surface area (Å²) in [6.45, 7) is 1.38. The highest BCUT2D eigenvalue weighted by Gasteiger charge is 2.27. The van der Waals surface area contributed by atoms with Crippen molar-refractivity contribution in [3.63, 3.8) is 0 Å². The molecular weight excluding hydrogens is 390 g/mol. The lowest BCUT2D eigenvalue weighted by atomic mass is 9.97. The predicted octanol–water partition coefficient (Wildman–Crippen LogP) is 2.79. The molecule has 146 valence electrons. The van der Waals surface area contributed by atoms with Crippen molar-refractivity contribution in [2.75, 3.05) is 13.1 Å². The quantitative estimate of drug-likeness (QED) is 0.512. The first kappa shape index (κ1) is 17.7. The molecule has 0 radical (unpaired) electrons. The minimum absolute atomic E-state index is 0.0203. The van der Waals surface area contributed by atoms with Crippen LogP contribution in [0.2, 0.25) is 0 Å². The molecule has 0 saturated carbocycles. The van der Waals surface area contributed by atoms with Crippen LogP contribution in [0.4, 0.5) is 0 Å². The first-order valence-electron chi connectivity index (χ1n) is 9.28. The molecule has 5 rings (SSSR count). The van der Waals surface area contributed by atoms with Gasteiger partial charge < -0.3 is 9.32 Å². The summed E-state index contributed by atoms with van der Waals surface area (Å²) in [6, 6.07) is 11.1. The molecule has 0 bridgehead atoms. The van der Waals surface area contributed by atoms with Gasteiger partial charge in [-0.15, -0.1) is 15.3 Å². The Morgan fingerprint density at radius 1 is 1.14 bits per heavy atom. The van der Waals surface area contributed by atoms with Gasteiger partial charge in [0.05, 0.1) is 12.0 Å². The van der Waals surface area contributed by atoms with E-state index in [2.05, 4.69) is 25.7 Å². The second-order valence-electron chi connectivity index (χ2n) is 6.79. The Morgan fingerprint density at radius 2 is 2.03 bits per heavy atom. The topological polar surface area (TPSA) is 103 Å². The molecule has 1 amide bonds. The molecule has 0 aliphatic carbocycles. The van der Waals surface area contributed by atoms with Crippen LogP contribution in [-0.4, -0.2) is 54.3 Å². The van der Waals surface area contributed by atoms with Crippen molar-refractivity contribution in [2.45, 2.75) is 18.8 Å². The molecular formula is C19H17N7O2S. The second-order valence-corrected chi connectivity index (χ2v) is 7.80. The van der Waals surface area contributed by atoms with Crippen molar-refractivity contribution >= 4 is 17.2 Å². The lowest BCUT2D eigenvalue weighted by Gasteiger charge is -2.31. The van der Waals surface area contributed by atoms with Gasteiger partial charge in [-0.1, -0.05) is 17.4 Å². The Morgan fingerprint density at radius 3 is 2.79 bits per heavy atom. The molecule has 4 aromatic rings. The van der Waals surface area contributed by atoms with Crippen LogP contribution in [0.15, 0.2) is 53.4 Å². The summed E-state index contributed by atoms with van der Waals surface area (Å²) in [6.07, 6.45) is 4.87. The number of carbonyl (C=O) groups excluding carboxylic acids is 1. The molecule has 10 heteroatoms. The van der Waals surface area contributed by atoms with Gasteiger partial charge in [0.25, 0.3) is 5.91 Å².